The number of likely N-dealkylation sites (N-methyl/N-ethyl adjacent to an activating group) is 1. The first-order chi connectivity index (χ1) is 16.4. The molecule has 3 N–H and O–H groups in total. The van der Waals surface area contributed by atoms with Crippen molar-refractivity contribution in [3.8, 4) is 5.75 Å². The van der Waals surface area contributed by atoms with Crippen LogP contribution in [-0.2, 0) is 9.53 Å². The maximum atomic E-state index is 13.8. The number of ether oxygens (including phenoxy) is 2. The van der Waals surface area contributed by atoms with Crippen molar-refractivity contribution in [3.05, 3.63) is 53.8 Å². The van der Waals surface area contributed by atoms with Crippen LogP contribution in [0.2, 0.25) is 0 Å². The van der Waals surface area contributed by atoms with Gasteiger partial charge in [-0.15, -0.1) is 0 Å². The Hall–Kier alpha value is -3.66. The molecular weight excluding hydrogens is 443 g/mol. The Morgan fingerprint density at radius 1 is 1.15 bits per heavy atom. The highest BCUT2D eigenvalue weighted by Gasteiger charge is 2.39. The average Bonchev–Trinajstić information content (AvgIpc) is 2.83. The predicted octanol–water partition coefficient (Wildman–Crippen LogP) is 2.99. The highest BCUT2D eigenvalue weighted by atomic mass is 19.1. The smallest absolute Gasteiger partial charge is 0.323 e. The molecule has 0 aliphatic carbocycles. The van der Waals surface area contributed by atoms with Crippen molar-refractivity contribution in [1.29, 1.82) is 0 Å². The van der Waals surface area contributed by atoms with Gasteiger partial charge in [-0.3, -0.25) is 9.59 Å². The van der Waals surface area contributed by atoms with Gasteiger partial charge in [-0.05, 0) is 43.2 Å². The second kappa shape index (κ2) is 10.1. The molecule has 0 radical (unpaired) electrons. The summed E-state index contributed by atoms with van der Waals surface area (Å²) in [5, 5.41) is 7.67. The first-order valence-electron chi connectivity index (χ1n) is 11.1. The van der Waals surface area contributed by atoms with Crippen molar-refractivity contribution in [1.82, 2.24) is 10.2 Å². The number of hydrogen-bond acceptors (Lipinski definition) is 5. The fourth-order valence-electron chi connectivity index (χ4n) is 4.26. The Kier molecular flexibility index (Phi) is 6.97. The van der Waals surface area contributed by atoms with Crippen LogP contribution in [0.5, 0.6) is 5.75 Å². The van der Waals surface area contributed by atoms with E-state index >= 15 is 0 Å². The number of nitrogens with zero attached hydrogens (tertiary/aromatic N) is 1. The fraction of sp³-hybridized carbons (Fsp3) is 0.375. The number of rotatable bonds is 4. The molecule has 0 unspecified atom stereocenters. The average molecular weight is 471 g/mol. The molecule has 0 bridgehead atoms. The van der Waals surface area contributed by atoms with Crippen LogP contribution < -0.4 is 20.7 Å². The number of urea groups is 1. The zero-order valence-corrected chi connectivity index (χ0v) is 19.0. The number of nitrogens with one attached hydrogen (secondary N) is 3. The Labute approximate surface area is 196 Å². The number of halogens is 1. The van der Waals surface area contributed by atoms with Crippen LogP contribution >= 0.6 is 0 Å². The summed E-state index contributed by atoms with van der Waals surface area (Å²) in [4.78, 5) is 39.0. The van der Waals surface area contributed by atoms with Crippen LogP contribution in [0.15, 0.2) is 42.5 Å². The predicted molar refractivity (Wildman–Crippen MR) is 123 cm³/mol. The van der Waals surface area contributed by atoms with Gasteiger partial charge < -0.3 is 30.3 Å². The van der Waals surface area contributed by atoms with Crippen molar-refractivity contribution >= 4 is 29.2 Å². The van der Waals surface area contributed by atoms with Crippen molar-refractivity contribution in [2.24, 2.45) is 0 Å². The molecule has 2 aromatic rings. The van der Waals surface area contributed by atoms with E-state index in [9.17, 15) is 18.8 Å². The van der Waals surface area contributed by atoms with Crippen LogP contribution in [0.4, 0.5) is 20.6 Å². The molecule has 34 heavy (non-hydrogen) atoms. The standard InChI is InChI=1S/C24H27FN4O5/c1-26-22(30)12-15-8-9-19-21(34-15)13-33-20-10-7-14(11-16(20)23(31)29(19)2)27-24(32)28-18-6-4-3-5-17(18)25/h3-7,10-11,15,19,21H,8-9,12-13H2,1-2H3,(H,26,30)(H2,27,28,32)/t15-,19-,21-/m1/s1. The van der Waals surface area contributed by atoms with Crippen LogP contribution in [0.1, 0.15) is 29.6 Å². The minimum atomic E-state index is -0.638. The summed E-state index contributed by atoms with van der Waals surface area (Å²) in [5.74, 6) is -0.546. The number of benzene rings is 2. The fourth-order valence-corrected chi connectivity index (χ4v) is 4.26. The Morgan fingerprint density at radius 3 is 2.71 bits per heavy atom. The molecule has 0 saturated carbocycles. The van der Waals surface area contributed by atoms with E-state index in [4.69, 9.17) is 9.47 Å². The van der Waals surface area contributed by atoms with E-state index in [2.05, 4.69) is 16.0 Å². The molecule has 3 atom stereocenters. The maximum absolute atomic E-state index is 13.8. The van der Waals surface area contributed by atoms with E-state index in [0.29, 0.717) is 29.8 Å². The highest BCUT2D eigenvalue weighted by molar-refractivity contribution is 6.02. The summed E-state index contributed by atoms with van der Waals surface area (Å²) in [6, 6.07) is 9.72. The zero-order valence-electron chi connectivity index (χ0n) is 19.0. The molecule has 0 spiro atoms. The molecule has 9 nitrogen and oxygen atoms in total. The van der Waals surface area contributed by atoms with Gasteiger partial charge in [0.15, 0.2) is 0 Å². The van der Waals surface area contributed by atoms with Gasteiger partial charge in [-0.25, -0.2) is 9.18 Å². The summed E-state index contributed by atoms with van der Waals surface area (Å²) in [6.45, 7) is 0.222. The zero-order chi connectivity index (χ0) is 24.2. The minimum absolute atomic E-state index is 0.0449. The Balaban J connectivity index is 1.48. The molecule has 0 aromatic heterocycles. The van der Waals surface area contributed by atoms with Crippen molar-refractivity contribution in [3.63, 3.8) is 0 Å². The van der Waals surface area contributed by atoms with Crippen LogP contribution in [0.3, 0.4) is 0 Å². The lowest BCUT2D eigenvalue weighted by atomic mass is 9.94. The third-order valence-electron chi connectivity index (χ3n) is 6.08. The van der Waals surface area contributed by atoms with E-state index in [0.717, 1.165) is 0 Å². The first-order valence-corrected chi connectivity index (χ1v) is 11.1. The van der Waals surface area contributed by atoms with E-state index in [1.807, 2.05) is 0 Å². The molecular formula is C24H27FN4O5. The Morgan fingerprint density at radius 2 is 1.94 bits per heavy atom. The van der Waals surface area contributed by atoms with E-state index in [-0.39, 0.29) is 48.8 Å². The monoisotopic (exact) mass is 470 g/mol. The summed E-state index contributed by atoms with van der Waals surface area (Å²) < 4.78 is 25.8. The molecule has 1 fully saturated rings. The topological polar surface area (TPSA) is 109 Å². The van der Waals surface area contributed by atoms with Crippen LogP contribution in [0.25, 0.3) is 0 Å². The van der Waals surface area contributed by atoms with Gasteiger partial charge in [0.25, 0.3) is 5.91 Å². The van der Waals surface area contributed by atoms with Crippen LogP contribution in [0, 0.1) is 5.82 Å². The lowest BCUT2D eigenvalue weighted by Crippen LogP contribution is -2.53. The molecule has 2 aromatic carbocycles. The van der Waals surface area contributed by atoms with Gasteiger partial charge in [0, 0.05) is 19.8 Å². The first kappa shape index (κ1) is 23.5. The third-order valence-corrected chi connectivity index (χ3v) is 6.08. The molecule has 4 rings (SSSR count). The van der Waals surface area contributed by atoms with Gasteiger partial charge in [0.2, 0.25) is 5.91 Å². The quantitative estimate of drug-likeness (QED) is 0.637. The van der Waals surface area contributed by atoms with Crippen molar-refractivity contribution in [2.75, 3.05) is 31.3 Å². The van der Waals surface area contributed by atoms with Crippen molar-refractivity contribution in [2.45, 2.75) is 37.5 Å². The number of anilines is 2. The summed E-state index contributed by atoms with van der Waals surface area (Å²) in [6.07, 6.45) is 0.993. The molecule has 2 heterocycles. The molecule has 10 heteroatoms. The number of carbonyl (C=O) groups is 3. The largest absolute Gasteiger partial charge is 0.490 e. The molecule has 180 valence electrons. The lowest BCUT2D eigenvalue weighted by Gasteiger charge is -2.42. The number of amides is 4. The minimum Gasteiger partial charge on any atom is -0.490 e. The van der Waals surface area contributed by atoms with Gasteiger partial charge in [0.1, 0.15) is 24.3 Å². The molecule has 4 amide bonds. The van der Waals surface area contributed by atoms with Crippen molar-refractivity contribution < 1.29 is 28.2 Å². The van der Waals surface area contributed by atoms with Crippen LogP contribution in [-0.4, -0.2) is 61.7 Å². The second-order valence-corrected chi connectivity index (χ2v) is 8.32. The Bertz CT molecular complexity index is 1090. The summed E-state index contributed by atoms with van der Waals surface area (Å²) >= 11 is 0. The van der Waals surface area contributed by atoms with Gasteiger partial charge >= 0.3 is 6.03 Å². The number of hydrogen-bond donors (Lipinski definition) is 3. The van der Waals surface area contributed by atoms with Gasteiger partial charge in [0.05, 0.1) is 29.8 Å². The number of para-hydroxylation sites is 1. The highest BCUT2D eigenvalue weighted by Crippen LogP contribution is 2.32. The maximum Gasteiger partial charge on any atom is 0.323 e. The normalized spacial score (nSPS) is 21.8. The van der Waals surface area contributed by atoms with Gasteiger partial charge in [-0.2, -0.15) is 0 Å². The van der Waals surface area contributed by atoms with Gasteiger partial charge in [-0.1, -0.05) is 12.1 Å². The van der Waals surface area contributed by atoms with E-state index in [1.165, 1.54) is 24.3 Å². The summed E-state index contributed by atoms with van der Waals surface area (Å²) in [7, 11) is 3.30. The SMILES string of the molecule is CNC(=O)C[C@H]1CC[C@@H]2[C@@H](COc3ccc(NC(=O)Nc4ccccc4F)cc3C(=O)N2C)O1. The second-order valence-electron chi connectivity index (χ2n) is 8.32. The molecule has 2 aliphatic heterocycles. The summed E-state index contributed by atoms with van der Waals surface area (Å²) in [5.41, 5.74) is 0.709. The molecule has 1 saturated heterocycles. The lowest BCUT2D eigenvalue weighted by molar-refractivity contribution is -0.133. The van der Waals surface area contributed by atoms with E-state index < -0.39 is 11.8 Å². The number of fused-ring (bicyclic) bond motifs is 2. The third kappa shape index (κ3) is 5.12. The van der Waals surface area contributed by atoms with E-state index in [1.54, 1.807) is 37.2 Å². The number of carbonyl (C=O) groups excluding carboxylic acids is 3. The molecule has 2 aliphatic rings.